The predicted octanol–water partition coefficient (Wildman–Crippen LogP) is 3.60. The number of hydrogen-bond acceptors (Lipinski definition) is 6. The molecule has 3 rings (SSSR count). The maximum absolute atomic E-state index is 13.8. The molecule has 1 aromatic heterocycles. The molecule has 1 heterocycles. The molecule has 1 atom stereocenters. The van der Waals surface area contributed by atoms with Gasteiger partial charge in [-0.05, 0) is 78.1 Å². The second-order valence-electron chi connectivity index (χ2n) is 7.65. The van der Waals surface area contributed by atoms with E-state index in [0.717, 1.165) is 15.2 Å². The van der Waals surface area contributed by atoms with Gasteiger partial charge in [0.2, 0.25) is 10.0 Å². The minimum Gasteiger partial charge on any atom is -0.508 e. The van der Waals surface area contributed by atoms with Crippen molar-refractivity contribution in [2.45, 2.75) is 24.4 Å². The Labute approximate surface area is 203 Å². The lowest BCUT2D eigenvalue weighted by molar-refractivity contribution is -0.132. The average molecular weight is 498 g/mol. The first-order chi connectivity index (χ1) is 16.7. The topological polar surface area (TPSA) is 132 Å². The van der Waals surface area contributed by atoms with Crippen LogP contribution in [0.15, 0.2) is 95.8 Å². The van der Waals surface area contributed by atoms with Crippen LogP contribution in [0.2, 0.25) is 0 Å². The monoisotopic (exact) mass is 497 g/mol. The standard InChI is InChI=1S/C25H27N3O6S/c1-4-5-21(34-3)14-17(2)24(25(30)27-31)28(35(32,33)22-9-7-20(29)8-10-22)16-18-6-11-23-19(15-18)12-13-26-23/h4-15,24,26,29,31H,2,16H2,1,3H3,(H,27,30)/b5-4-,21-14+/t24-/m1/s1. The van der Waals surface area contributed by atoms with E-state index < -0.39 is 22.0 Å². The van der Waals surface area contributed by atoms with E-state index in [0.29, 0.717) is 11.3 Å². The summed E-state index contributed by atoms with van der Waals surface area (Å²) >= 11 is 0. The van der Waals surface area contributed by atoms with E-state index in [4.69, 9.17) is 4.74 Å². The van der Waals surface area contributed by atoms with Crippen molar-refractivity contribution >= 4 is 26.8 Å². The molecule has 0 aliphatic rings. The minimum absolute atomic E-state index is 0.0663. The molecule has 10 heteroatoms. The number of amides is 1. The van der Waals surface area contributed by atoms with Gasteiger partial charge in [-0.2, -0.15) is 4.31 Å². The quantitative estimate of drug-likeness (QED) is 0.146. The number of rotatable bonds is 10. The lowest BCUT2D eigenvalue weighted by atomic mass is 10.1. The smallest absolute Gasteiger partial charge is 0.266 e. The number of carbonyl (C=O) groups is 1. The summed E-state index contributed by atoms with van der Waals surface area (Å²) in [5.41, 5.74) is 3.10. The Hall–Kier alpha value is -3.86. The minimum atomic E-state index is -4.32. The molecular formula is C25H27N3O6S. The molecule has 1 amide bonds. The molecule has 2 aromatic carbocycles. The van der Waals surface area contributed by atoms with Crippen molar-refractivity contribution in [1.29, 1.82) is 0 Å². The second-order valence-corrected chi connectivity index (χ2v) is 9.54. The number of fused-ring (bicyclic) bond motifs is 1. The molecule has 0 unspecified atom stereocenters. The van der Waals surface area contributed by atoms with Gasteiger partial charge in [-0.25, -0.2) is 13.9 Å². The molecule has 4 N–H and O–H groups in total. The van der Waals surface area contributed by atoms with Crippen LogP contribution in [0.3, 0.4) is 0 Å². The Morgan fingerprint density at radius 2 is 1.94 bits per heavy atom. The number of carbonyl (C=O) groups excluding carboxylic acids is 1. The first-order valence-corrected chi connectivity index (χ1v) is 12.0. The zero-order valence-electron chi connectivity index (χ0n) is 19.3. The lowest BCUT2D eigenvalue weighted by Crippen LogP contribution is -2.49. The lowest BCUT2D eigenvalue weighted by Gasteiger charge is -2.30. The van der Waals surface area contributed by atoms with Gasteiger partial charge in [-0.3, -0.25) is 10.0 Å². The van der Waals surface area contributed by atoms with Crippen LogP contribution in [0, 0.1) is 0 Å². The Morgan fingerprint density at radius 1 is 1.23 bits per heavy atom. The van der Waals surface area contributed by atoms with Crippen molar-refractivity contribution in [3.63, 3.8) is 0 Å². The number of methoxy groups -OCH3 is 1. The van der Waals surface area contributed by atoms with Crippen LogP contribution in [-0.2, 0) is 26.1 Å². The zero-order valence-corrected chi connectivity index (χ0v) is 20.1. The summed E-state index contributed by atoms with van der Waals surface area (Å²) in [5.74, 6) is -0.766. The molecular weight excluding hydrogens is 470 g/mol. The predicted molar refractivity (Wildman–Crippen MR) is 132 cm³/mol. The molecule has 0 aliphatic heterocycles. The number of hydrogen-bond donors (Lipinski definition) is 4. The molecule has 0 spiro atoms. The number of sulfonamides is 1. The largest absolute Gasteiger partial charge is 0.508 e. The summed E-state index contributed by atoms with van der Waals surface area (Å²) in [6.45, 7) is 5.47. The molecule has 0 fully saturated rings. The van der Waals surface area contributed by atoms with Gasteiger partial charge in [-0.1, -0.05) is 18.7 Å². The summed E-state index contributed by atoms with van der Waals surface area (Å²) in [6.07, 6.45) is 6.52. The van der Waals surface area contributed by atoms with Crippen LogP contribution >= 0.6 is 0 Å². The summed E-state index contributed by atoms with van der Waals surface area (Å²) in [7, 11) is -2.89. The molecule has 0 aliphatic carbocycles. The van der Waals surface area contributed by atoms with E-state index >= 15 is 0 Å². The van der Waals surface area contributed by atoms with E-state index in [2.05, 4.69) is 11.6 Å². The highest BCUT2D eigenvalue weighted by atomic mass is 32.2. The van der Waals surface area contributed by atoms with Gasteiger partial charge in [0, 0.05) is 18.3 Å². The van der Waals surface area contributed by atoms with Crippen LogP contribution < -0.4 is 5.48 Å². The Morgan fingerprint density at radius 3 is 2.57 bits per heavy atom. The van der Waals surface area contributed by atoms with Crippen molar-refractivity contribution in [3.05, 3.63) is 96.4 Å². The number of nitrogens with one attached hydrogen (secondary N) is 2. The van der Waals surface area contributed by atoms with Crippen molar-refractivity contribution in [1.82, 2.24) is 14.8 Å². The SMILES string of the molecule is C=C(/C=C(\C=C/C)OC)[C@H](C(=O)NO)N(Cc1ccc2[nH]ccc2c1)S(=O)(=O)c1ccc(O)cc1. The third-order valence-corrected chi connectivity index (χ3v) is 7.12. The third-order valence-electron chi connectivity index (χ3n) is 5.29. The number of aromatic nitrogens is 1. The molecule has 9 nitrogen and oxygen atoms in total. The van der Waals surface area contributed by atoms with E-state index in [1.165, 1.54) is 37.5 Å². The molecule has 0 radical (unpaired) electrons. The van der Waals surface area contributed by atoms with Crippen LogP contribution in [0.1, 0.15) is 12.5 Å². The number of aromatic hydroxyl groups is 1. The van der Waals surface area contributed by atoms with E-state index in [9.17, 15) is 23.5 Å². The highest BCUT2D eigenvalue weighted by Gasteiger charge is 2.37. The van der Waals surface area contributed by atoms with Gasteiger partial charge >= 0.3 is 0 Å². The van der Waals surface area contributed by atoms with Gasteiger partial charge in [0.25, 0.3) is 5.91 Å². The van der Waals surface area contributed by atoms with Crippen LogP contribution in [0.25, 0.3) is 10.9 Å². The summed E-state index contributed by atoms with van der Waals surface area (Å²) in [5, 5.41) is 20.0. The average Bonchev–Trinajstić information content (AvgIpc) is 3.31. The highest BCUT2D eigenvalue weighted by molar-refractivity contribution is 7.89. The number of aromatic amines is 1. The molecule has 35 heavy (non-hydrogen) atoms. The fraction of sp³-hybridized carbons (Fsp3) is 0.160. The summed E-state index contributed by atoms with van der Waals surface area (Å²) in [6, 6.07) is 10.6. The normalized spacial score (nSPS) is 13.3. The van der Waals surface area contributed by atoms with E-state index in [-0.39, 0.29) is 22.8 Å². The number of nitrogens with zero attached hydrogens (tertiary/aromatic N) is 1. The van der Waals surface area contributed by atoms with Crippen molar-refractivity contribution in [2.75, 3.05) is 7.11 Å². The van der Waals surface area contributed by atoms with E-state index in [1.54, 1.807) is 49.0 Å². The number of benzene rings is 2. The van der Waals surface area contributed by atoms with Crippen molar-refractivity contribution in [3.8, 4) is 5.75 Å². The Kier molecular flexibility index (Phi) is 8.13. The zero-order chi connectivity index (χ0) is 25.6. The van der Waals surface area contributed by atoms with E-state index in [1.807, 2.05) is 6.07 Å². The number of allylic oxidation sites excluding steroid dienone is 2. The van der Waals surface area contributed by atoms with Gasteiger partial charge in [0.15, 0.2) is 0 Å². The van der Waals surface area contributed by atoms with Gasteiger partial charge in [0.1, 0.15) is 17.6 Å². The molecule has 3 aromatic rings. The Bertz CT molecular complexity index is 1370. The first-order valence-electron chi connectivity index (χ1n) is 10.6. The Balaban J connectivity index is 2.16. The number of phenolic OH excluding ortho intramolecular Hbond substituents is 1. The maximum atomic E-state index is 13.8. The highest BCUT2D eigenvalue weighted by Crippen LogP contribution is 2.27. The van der Waals surface area contributed by atoms with Crippen LogP contribution in [0.4, 0.5) is 0 Å². The fourth-order valence-corrected chi connectivity index (χ4v) is 5.17. The van der Waals surface area contributed by atoms with Crippen LogP contribution in [-0.4, -0.2) is 47.1 Å². The first kappa shape index (κ1) is 25.8. The summed E-state index contributed by atoms with van der Waals surface area (Å²) in [4.78, 5) is 15.8. The van der Waals surface area contributed by atoms with Crippen molar-refractivity contribution in [2.24, 2.45) is 0 Å². The number of ether oxygens (including phenoxy) is 1. The maximum Gasteiger partial charge on any atom is 0.266 e. The number of phenols is 1. The number of hydroxylamine groups is 1. The molecule has 0 saturated heterocycles. The third kappa shape index (κ3) is 5.80. The number of H-pyrrole nitrogens is 1. The summed E-state index contributed by atoms with van der Waals surface area (Å²) < 4.78 is 33.8. The second kappa shape index (κ2) is 11.0. The van der Waals surface area contributed by atoms with Gasteiger partial charge in [0.05, 0.1) is 12.0 Å². The molecule has 0 saturated carbocycles. The van der Waals surface area contributed by atoms with Gasteiger partial charge in [-0.15, -0.1) is 0 Å². The molecule has 0 bridgehead atoms. The van der Waals surface area contributed by atoms with Crippen LogP contribution in [0.5, 0.6) is 5.75 Å². The fourth-order valence-electron chi connectivity index (χ4n) is 3.60. The van der Waals surface area contributed by atoms with Gasteiger partial charge < -0.3 is 14.8 Å². The van der Waals surface area contributed by atoms with Crippen molar-refractivity contribution < 1.29 is 28.3 Å². The molecule has 184 valence electrons.